The third-order valence-corrected chi connectivity index (χ3v) is 2.97. The van der Waals surface area contributed by atoms with Crippen molar-refractivity contribution in [2.75, 3.05) is 0 Å². The molecule has 98 valence electrons. The van der Waals surface area contributed by atoms with E-state index in [1.165, 1.54) is 18.2 Å². The lowest BCUT2D eigenvalue weighted by Crippen LogP contribution is -2.00. The number of carboxylic acids is 1. The summed E-state index contributed by atoms with van der Waals surface area (Å²) < 4.78 is 5.70. The summed E-state index contributed by atoms with van der Waals surface area (Å²) in [6.45, 7) is 3.85. The molecule has 0 fully saturated rings. The van der Waals surface area contributed by atoms with Crippen molar-refractivity contribution in [3.8, 4) is 11.5 Å². The minimum Gasteiger partial charge on any atom is -0.478 e. The fourth-order valence-corrected chi connectivity index (χ4v) is 1.86. The van der Waals surface area contributed by atoms with Crippen LogP contribution in [0.15, 0.2) is 36.4 Å². The van der Waals surface area contributed by atoms with Crippen LogP contribution in [0.3, 0.4) is 0 Å². The molecule has 19 heavy (non-hydrogen) atoms. The van der Waals surface area contributed by atoms with Crippen LogP contribution in [0, 0.1) is 13.8 Å². The smallest absolute Gasteiger partial charge is 0.339 e. The van der Waals surface area contributed by atoms with E-state index in [2.05, 4.69) is 0 Å². The molecule has 0 bridgehead atoms. The number of benzene rings is 2. The van der Waals surface area contributed by atoms with Crippen LogP contribution in [0.2, 0.25) is 5.02 Å². The standard InChI is InChI=1S/C15H13ClO3/c1-9-3-4-10(2)13(7-9)19-14-8-11(16)5-6-12(14)15(17)18/h3-8H,1-2H3,(H,17,18). The molecule has 0 aliphatic carbocycles. The van der Waals surface area contributed by atoms with E-state index >= 15 is 0 Å². The van der Waals surface area contributed by atoms with Crippen LogP contribution in [-0.4, -0.2) is 11.1 Å². The number of carbonyl (C=O) groups is 1. The van der Waals surface area contributed by atoms with Gasteiger partial charge in [-0.3, -0.25) is 0 Å². The third-order valence-electron chi connectivity index (χ3n) is 2.74. The zero-order valence-corrected chi connectivity index (χ0v) is 11.4. The first-order valence-electron chi connectivity index (χ1n) is 5.75. The van der Waals surface area contributed by atoms with Crippen LogP contribution in [0.4, 0.5) is 0 Å². The van der Waals surface area contributed by atoms with Crippen molar-refractivity contribution in [1.82, 2.24) is 0 Å². The third kappa shape index (κ3) is 3.06. The van der Waals surface area contributed by atoms with Gasteiger partial charge in [0, 0.05) is 11.1 Å². The Morgan fingerprint density at radius 3 is 2.53 bits per heavy atom. The molecule has 0 atom stereocenters. The van der Waals surface area contributed by atoms with Gasteiger partial charge in [0.15, 0.2) is 0 Å². The van der Waals surface area contributed by atoms with Crippen molar-refractivity contribution < 1.29 is 14.6 Å². The summed E-state index contributed by atoms with van der Waals surface area (Å²) in [5.74, 6) is -0.171. The second-order valence-electron chi connectivity index (χ2n) is 4.32. The number of aromatic carboxylic acids is 1. The number of hydrogen-bond acceptors (Lipinski definition) is 2. The number of rotatable bonds is 3. The summed E-state index contributed by atoms with van der Waals surface area (Å²) in [4.78, 5) is 11.2. The lowest BCUT2D eigenvalue weighted by Gasteiger charge is -2.12. The maximum atomic E-state index is 11.2. The number of ether oxygens (including phenoxy) is 1. The molecular formula is C15H13ClO3. The predicted molar refractivity (Wildman–Crippen MR) is 74.4 cm³/mol. The molecule has 0 aliphatic heterocycles. The van der Waals surface area contributed by atoms with Gasteiger partial charge in [-0.05, 0) is 43.2 Å². The van der Waals surface area contributed by atoms with Gasteiger partial charge in [-0.2, -0.15) is 0 Å². The van der Waals surface area contributed by atoms with Gasteiger partial charge in [0.2, 0.25) is 0 Å². The van der Waals surface area contributed by atoms with Gasteiger partial charge in [-0.25, -0.2) is 4.79 Å². The second-order valence-corrected chi connectivity index (χ2v) is 4.75. The van der Waals surface area contributed by atoms with Gasteiger partial charge < -0.3 is 9.84 Å². The van der Waals surface area contributed by atoms with Gasteiger partial charge in [0.1, 0.15) is 17.1 Å². The highest BCUT2D eigenvalue weighted by Gasteiger charge is 2.13. The van der Waals surface area contributed by atoms with Gasteiger partial charge in [0.05, 0.1) is 0 Å². The monoisotopic (exact) mass is 276 g/mol. The Kier molecular flexibility index (Phi) is 3.76. The van der Waals surface area contributed by atoms with E-state index in [4.69, 9.17) is 21.4 Å². The van der Waals surface area contributed by atoms with E-state index < -0.39 is 5.97 Å². The molecule has 1 N–H and O–H groups in total. The largest absolute Gasteiger partial charge is 0.478 e. The molecule has 0 aromatic heterocycles. The molecule has 3 nitrogen and oxygen atoms in total. The summed E-state index contributed by atoms with van der Waals surface area (Å²) in [6, 6.07) is 10.2. The lowest BCUT2D eigenvalue weighted by atomic mass is 10.1. The second kappa shape index (κ2) is 5.33. The molecular weight excluding hydrogens is 264 g/mol. The Morgan fingerprint density at radius 2 is 1.84 bits per heavy atom. The topological polar surface area (TPSA) is 46.5 Å². The predicted octanol–water partition coefficient (Wildman–Crippen LogP) is 4.45. The molecule has 0 heterocycles. The van der Waals surface area contributed by atoms with Crippen LogP contribution in [-0.2, 0) is 0 Å². The molecule has 0 saturated heterocycles. The fraction of sp³-hybridized carbons (Fsp3) is 0.133. The van der Waals surface area contributed by atoms with Crippen molar-refractivity contribution in [2.24, 2.45) is 0 Å². The van der Waals surface area contributed by atoms with Crippen LogP contribution in [0.1, 0.15) is 21.5 Å². The Labute approximate surface area is 116 Å². The van der Waals surface area contributed by atoms with E-state index in [1.54, 1.807) is 0 Å². The Bertz CT molecular complexity index is 635. The van der Waals surface area contributed by atoms with Crippen molar-refractivity contribution in [1.29, 1.82) is 0 Å². The van der Waals surface area contributed by atoms with E-state index in [0.29, 0.717) is 10.8 Å². The van der Waals surface area contributed by atoms with Crippen molar-refractivity contribution in [3.63, 3.8) is 0 Å². The Morgan fingerprint density at radius 1 is 1.11 bits per heavy atom. The van der Waals surface area contributed by atoms with Gasteiger partial charge in [-0.15, -0.1) is 0 Å². The van der Waals surface area contributed by atoms with Crippen molar-refractivity contribution >= 4 is 17.6 Å². The molecule has 0 unspecified atom stereocenters. The number of aryl methyl sites for hydroxylation is 2. The van der Waals surface area contributed by atoms with Gasteiger partial charge in [0.25, 0.3) is 0 Å². The lowest BCUT2D eigenvalue weighted by molar-refractivity contribution is 0.0694. The van der Waals surface area contributed by atoms with Crippen LogP contribution < -0.4 is 4.74 Å². The number of hydrogen-bond donors (Lipinski definition) is 1. The zero-order valence-electron chi connectivity index (χ0n) is 10.6. The van der Waals surface area contributed by atoms with E-state index in [-0.39, 0.29) is 11.3 Å². The van der Waals surface area contributed by atoms with E-state index in [1.807, 2.05) is 32.0 Å². The normalized spacial score (nSPS) is 10.3. The first-order valence-corrected chi connectivity index (χ1v) is 6.13. The SMILES string of the molecule is Cc1ccc(C)c(Oc2cc(Cl)ccc2C(=O)O)c1. The average molecular weight is 277 g/mol. The highest BCUT2D eigenvalue weighted by Crippen LogP contribution is 2.30. The average Bonchev–Trinajstić information content (AvgIpc) is 2.33. The van der Waals surface area contributed by atoms with E-state index in [9.17, 15) is 4.79 Å². The minimum atomic E-state index is -1.04. The molecule has 4 heteroatoms. The fourth-order valence-electron chi connectivity index (χ4n) is 1.69. The molecule has 0 aliphatic rings. The molecule has 0 radical (unpaired) electrons. The highest BCUT2D eigenvalue weighted by atomic mass is 35.5. The maximum absolute atomic E-state index is 11.2. The summed E-state index contributed by atoms with van der Waals surface area (Å²) in [6.07, 6.45) is 0. The summed E-state index contributed by atoms with van der Waals surface area (Å²) in [7, 11) is 0. The highest BCUT2D eigenvalue weighted by molar-refractivity contribution is 6.30. The molecule has 0 spiro atoms. The summed E-state index contributed by atoms with van der Waals surface area (Å²) >= 11 is 5.89. The summed E-state index contributed by atoms with van der Waals surface area (Å²) in [5, 5.41) is 9.57. The quantitative estimate of drug-likeness (QED) is 0.901. The first-order chi connectivity index (χ1) is 8.97. The molecule has 2 rings (SSSR count). The zero-order chi connectivity index (χ0) is 14.0. The van der Waals surface area contributed by atoms with Crippen LogP contribution in [0.25, 0.3) is 0 Å². The van der Waals surface area contributed by atoms with Crippen LogP contribution >= 0.6 is 11.6 Å². The van der Waals surface area contributed by atoms with Gasteiger partial charge in [-0.1, -0.05) is 23.7 Å². The first kappa shape index (κ1) is 13.4. The van der Waals surface area contributed by atoms with Crippen LogP contribution in [0.5, 0.6) is 11.5 Å². The number of halogens is 1. The number of carboxylic acid groups (broad SMARTS) is 1. The molecule has 2 aromatic rings. The van der Waals surface area contributed by atoms with E-state index in [0.717, 1.165) is 11.1 Å². The summed E-state index contributed by atoms with van der Waals surface area (Å²) in [5.41, 5.74) is 2.06. The minimum absolute atomic E-state index is 0.0882. The molecule has 0 amide bonds. The van der Waals surface area contributed by atoms with Crippen molar-refractivity contribution in [2.45, 2.75) is 13.8 Å². The van der Waals surface area contributed by atoms with Crippen molar-refractivity contribution in [3.05, 3.63) is 58.1 Å². The molecule has 0 saturated carbocycles. The Balaban J connectivity index is 2.45. The van der Waals surface area contributed by atoms with Gasteiger partial charge >= 0.3 is 5.97 Å². The Hall–Kier alpha value is -2.00. The maximum Gasteiger partial charge on any atom is 0.339 e. The molecule has 2 aromatic carbocycles.